The third-order valence-electron chi connectivity index (χ3n) is 5.26. The fourth-order valence-corrected chi connectivity index (χ4v) is 4.12. The molecule has 1 aromatic rings. The lowest BCUT2D eigenvalue weighted by molar-refractivity contribution is 0.374. The molecule has 1 saturated carbocycles. The summed E-state index contributed by atoms with van der Waals surface area (Å²) in [6.07, 6.45) is 12.7. The van der Waals surface area contributed by atoms with Crippen molar-refractivity contribution in [2.45, 2.75) is 63.7 Å². The molecule has 3 rings (SSSR count). The second-order valence-corrected chi connectivity index (χ2v) is 6.80. The Morgan fingerprint density at radius 1 is 0.900 bits per heavy atom. The maximum atomic E-state index is 3.56. The van der Waals surface area contributed by atoms with E-state index in [0.717, 1.165) is 11.8 Å². The van der Waals surface area contributed by atoms with E-state index >= 15 is 0 Å². The number of piperidine rings is 1. The van der Waals surface area contributed by atoms with Crippen molar-refractivity contribution < 1.29 is 0 Å². The van der Waals surface area contributed by atoms with Crippen LogP contribution in [0, 0.1) is 5.92 Å². The van der Waals surface area contributed by atoms with Crippen LogP contribution in [0.1, 0.15) is 68.4 Å². The van der Waals surface area contributed by atoms with E-state index in [0.29, 0.717) is 0 Å². The molecule has 0 radical (unpaired) electrons. The quantitative estimate of drug-likeness (QED) is 0.788. The summed E-state index contributed by atoms with van der Waals surface area (Å²) in [5.41, 5.74) is 3.33. The van der Waals surface area contributed by atoms with Crippen molar-refractivity contribution in [3.63, 3.8) is 0 Å². The Labute approximate surface area is 124 Å². The van der Waals surface area contributed by atoms with Gasteiger partial charge in [0.05, 0.1) is 0 Å². The minimum absolute atomic E-state index is 0.838. The highest BCUT2D eigenvalue weighted by Crippen LogP contribution is 2.34. The van der Waals surface area contributed by atoms with E-state index in [9.17, 15) is 0 Å². The summed E-state index contributed by atoms with van der Waals surface area (Å²) < 4.78 is 0. The molecule has 0 aromatic heterocycles. The largest absolute Gasteiger partial charge is 0.316 e. The van der Waals surface area contributed by atoms with E-state index in [2.05, 4.69) is 29.6 Å². The molecule has 0 spiro atoms. The highest BCUT2D eigenvalue weighted by atomic mass is 14.9. The van der Waals surface area contributed by atoms with Crippen LogP contribution in [0.4, 0.5) is 0 Å². The van der Waals surface area contributed by atoms with Gasteiger partial charge in [0.2, 0.25) is 0 Å². The van der Waals surface area contributed by atoms with Crippen molar-refractivity contribution >= 4 is 0 Å². The second-order valence-electron chi connectivity index (χ2n) is 6.80. The average molecular weight is 271 g/mol. The first-order valence-corrected chi connectivity index (χ1v) is 8.72. The highest BCUT2D eigenvalue weighted by molar-refractivity contribution is 5.31. The molecule has 1 nitrogen and oxygen atoms in total. The first-order chi connectivity index (χ1) is 9.93. The molecule has 1 saturated heterocycles. The summed E-state index contributed by atoms with van der Waals surface area (Å²) in [4.78, 5) is 0. The first kappa shape index (κ1) is 14.1. The molecule has 1 unspecified atom stereocenters. The zero-order valence-electron chi connectivity index (χ0n) is 12.7. The molecule has 0 amide bonds. The monoisotopic (exact) mass is 271 g/mol. The van der Waals surface area contributed by atoms with Gasteiger partial charge in [-0.25, -0.2) is 0 Å². The molecule has 110 valence electrons. The van der Waals surface area contributed by atoms with Crippen LogP contribution in [0.2, 0.25) is 0 Å². The Kier molecular flexibility index (Phi) is 5.13. The molecule has 20 heavy (non-hydrogen) atoms. The van der Waals surface area contributed by atoms with Gasteiger partial charge in [0.15, 0.2) is 0 Å². The van der Waals surface area contributed by atoms with Gasteiger partial charge in [-0.2, -0.15) is 0 Å². The predicted octanol–water partition coefficient (Wildman–Crippen LogP) is 4.67. The Bertz CT molecular complexity index is 398. The molecule has 1 aliphatic heterocycles. The molecule has 1 N–H and O–H groups in total. The number of hydrogen-bond acceptors (Lipinski definition) is 1. The van der Waals surface area contributed by atoms with Gasteiger partial charge < -0.3 is 5.32 Å². The molecule has 2 fully saturated rings. The maximum absolute atomic E-state index is 3.56. The van der Waals surface area contributed by atoms with E-state index < -0.39 is 0 Å². The standard InChI is InChI=1S/C19H29N/c1-2-4-10-17(9-3-1)19-12-6-5-11-18(19)14-16-8-7-13-20-15-16/h5-6,11-12,16-17,20H,1-4,7-10,13-15H2. The Morgan fingerprint density at radius 2 is 1.70 bits per heavy atom. The van der Waals surface area contributed by atoms with Gasteiger partial charge in [-0.3, -0.25) is 0 Å². The van der Waals surface area contributed by atoms with E-state index in [1.165, 1.54) is 70.9 Å². The first-order valence-electron chi connectivity index (χ1n) is 8.72. The second kappa shape index (κ2) is 7.26. The molecule has 1 atom stereocenters. The third kappa shape index (κ3) is 3.63. The summed E-state index contributed by atoms with van der Waals surface area (Å²) in [7, 11) is 0. The van der Waals surface area contributed by atoms with Crippen LogP contribution in [0.15, 0.2) is 24.3 Å². The molecule has 1 heterocycles. The van der Waals surface area contributed by atoms with Crippen LogP contribution in [0.3, 0.4) is 0 Å². The normalized spacial score (nSPS) is 25.3. The molecule has 1 heteroatoms. The lowest BCUT2D eigenvalue weighted by Crippen LogP contribution is -2.31. The van der Waals surface area contributed by atoms with Crippen molar-refractivity contribution in [2.75, 3.05) is 13.1 Å². The number of benzene rings is 1. The molecular formula is C19H29N. The summed E-state index contributed by atoms with van der Waals surface area (Å²) in [6, 6.07) is 9.31. The lowest BCUT2D eigenvalue weighted by atomic mass is 9.84. The Hall–Kier alpha value is -0.820. The minimum atomic E-state index is 0.838. The summed E-state index contributed by atoms with van der Waals surface area (Å²) >= 11 is 0. The number of nitrogens with one attached hydrogen (secondary N) is 1. The number of hydrogen-bond donors (Lipinski definition) is 1. The van der Waals surface area contributed by atoms with Crippen molar-refractivity contribution in [2.24, 2.45) is 5.92 Å². The molecule has 2 aliphatic rings. The SMILES string of the molecule is c1ccc(C2CCCCCC2)c(CC2CCCNC2)c1. The average Bonchev–Trinajstić information content (AvgIpc) is 2.78. The highest BCUT2D eigenvalue weighted by Gasteiger charge is 2.20. The van der Waals surface area contributed by atoms with Crippen molar-refractivity contribution in [1.82, 2.24) is 5.32 Å². The zero-order valence-corrected chi connectivity index (χ0v) is 12.7. The Balaban J connectivity index is 1.72. The van der Waals surface area contributed by atoms with Crippen LogP contribution in [-0.4, -0.2) is 13.1 Å². The van der Waals surface area contributed by atoms with Crippen molar-refractivity contribution in [1.29, 1.82) is 0 Å². The van der Waals surface area contributed by atoms with E-state index in [-0.39, 0.29) is 0 Å². The van der Waals surface area contributed by atoms with Gasteiger partial charge in [0, 0.05) is 0 Å². The minimum Gasteiger partial charge on any atom is -0.316 e. The smallest absolute Gasteiger partial charge is 0.00173 e. The van der Waals surface area contributed by atoms with Gasteiger partial charge in [-0.1, -0.05) is 49.9 Å². The van der Waals surface area contributed by atoms with Crippen LogP contribution in [-0.2, 0) is 6.42 Å². The maximum Gasteiger partial charge on any atom is -0.00173 e. The van der Waals surface area contributed by atoms with Crippen molar-refractivity contribution in [3.8, 4) is 0 Å². The third-order valence-corrected chi connectivity index (χ3v) is 5.26. The van der Waals surface area contributed by atoms with Gasteiger partial charge in [-0.05, 0) is 68.2 Å². The van der Waals surface area contributed by atoms with Gasteiger partial charge in [-0.15, -0.1) is 0 Å². The fraction of sp³-hybridized carbons (Fsp3) is 0.684. The van der Waals surface area contributed by atoms with E-state index in [1.54, 1.807) is 11.1 Å². The van der Waals surface area contributed by atoms with Crippen molar-refractivity contribution in [3.05, 3.63) is 35.4 Å². The van der Waals surface area contributed by atoms with Crippen LogP contribution in [0.25, 0.3) is 0 Å². The summed E-state index contributed by atoms with van der Waals surface area (Å²) in [5.74, 6) is 1.70. The van der Waals surface area contributed by atoms with Crippen LogP contribution in [0.5, 0.6) is 0 Å². The topological polar surface area (TPSA) is 12.0 Å². The zero-order chi connectivity index (χ0) is 13.6. The van der Waals surface area contributed by atoms with Crippen LogP contribution < -0.4 is 5.32 Å². The molecule has 0 bridgehead atoms. The molecular weight excluding hydrogens is 242 g/mol. The predicted molar refractivity (Wildman–Crippen MR) is 86.2 cm³/mol. The lowest BCUT2D eigenvalue weighted by Gasteiger charge is -2.25. The summed E-state index contributed by atoms with van der Waals surface area (Å²) in [6.45, 7) is 2.44. The molecule has 1 aromatic carbocycles. The van der Waals surface area contributed by atoms with Gasteiger partial charge in [0.1, 0.15) is 0 Å². The Morgan fingerprint density at radius 3 is 2.45 bits per heavy atom. The van der Waals surface area contributed by atoms with E-state index in [1.807, 2.05) is 0 Å². The van der Waals surface area contributed by atoms with Gasteiger partial charge >= 0.3 is 0 Å². The summed E-state index contributed by atoms with van der Waals surface area (Å²) in [5, 5.41) is 3.56. The van der Waals surface area contributed by atoms with E-state index in [4.69, 9.17) is 0 Å². The fourth-order valence-electron chi connectivity index (χ4n) is 4.12. The van der Waals surface area contributed by atoms with Gasteiger partial charge in [0.25, 0.3) is 0 Å². The van der Waals surface area contributed by atoms with Crippen LogP contribution >= 0.6 is 0 Å². The number of rotatable bonds is 3. The molecule has 1 aliphatic carbocycles.